The summed E-state index contributed by atoms with van der Waals surface area (Å²) in [5.74, 6) is -2.04. The average Bonchev–Trinajstić information content (AvgIpc) is 3.43. The molecule has 2 aliphatic heterocycles. The van der Waals surface area contributed by atoms with Crippen molar-refractivity contribution in [1.82, 2.24) is 15.2 Å². The van der Waals surface area contributed by atoms with Crippen molar-refractivity contribution in [2.45, 2.75) is 18.0 Å². The van der Waals surface area contributed by atoms with Gasteiger partial charge in [0.15, 0.2) is 10.8 Å². The van der Waals surface area contributed by atoms with E-state index in [0.717, 1.165) is 21.8 Å². The Bertz CT molecular complexity index is 1170. The number of nitrogens with one attached hydrogen (secondary N) is 1. The Morgan fingerprint density at radius 2 is 2.18 bits per heavy atom. The fourth-order valence-corrected chi connectivity index (χ4v) is 6.36. The minimum absolute atomic E-state index is 0.0805. The molecule has 1 saturated heterocycles. The highest BCUT2D eigenvalue weighted by atomic mass is 32.2. The van der Waals surface area contributed by atoms with Crippen LogP contribution in [-0.2, 0) is 30.6 Å². The first-order valence-corrected chi connectivity index (χ1v) is 12.3. The van der Waals surface area contributed by atoms with Crippen LogP contribution in [0.2, 0.25) is 0 Å². The fraction of sp³-hybridized carbons (Fsp3) is 0.316. The number of hydrogen-bond acceptors (Lipinski definition) is 11. The van der Waals surface area contributed by atoms with Gasteiger partial charge in [-0.1, -0.05) is 5.16 Å². The first kappa shape index (κ1) is 23.2. The van der Waals surface area contributed by atoms with Crippen molar-refractivity contribution in [2.75, 3.05) is 25.7 Å². The lowest BCUT2D eigenvalue weighted by molar-refractivity contribution is -0.149. The Morgan fingerprint density at radius 3 is 2.82 bits per heavy atom. The number of carboxylic acids is 1. The largest absolute Gasteiger partial charge is 0.477 e. The van der Waals surface area contributed by atoms with E-state index in [1.165, 1.54) is 35.1 Å². The summed E-state index contributed by atoms with van der Waals surface area (Å²) in [6.45, 7) is 0.340. The van der Waals surface area contributed by atoms with Crippen molar-refractivity contribution in [3.8, 4) is 0 Å². The van der Waals surface area contributed by atoms with Crippen molar-refractivity contribution >= 4 is 68.6 Å². The normalized spacial score (nSPS) is 20.4. The molecule has 4 N–H and O–H groups in total. The first-order valence-electron chi connectivity index (χ1n) is 9.47. The number of ether oxygens (including phenoxy) is 1. The Labute approximate surface area is 200 Å². The van der Waals surface area contributed by atoms with E-state index in [1.807, 2.05) is 11.4 Å². The van der Waals surface area contributed by atoms with Crippen LogP contribution in [0.4, 0.5) is 5.13 Å². The van der Waals surface area contributed by atoms with E-state index >= 15 is 0 Å². The van der Waals surface area contributed by atoms with Crippen LogP contribution in [0.1, 0.15) is 16.1 Å². The van der Waals surface area contributed by atoms with Gasteiger partial charge in [-0.15, -0.1) is 34.4 Å². The van der Waals surface area contributed by atoms with Crippen molar-refractivity contribution in [1.29, 1.82) is 0 Å². The molecule has 0 radical (unpaired) electrons. The second-order valence-electron chi connectivity index (χ2n) is 6.88. The standard InChI is InChI=1S/C19H19N5O6S3/c1-29-5-11-8(3-4-31-11)9-6-32-17-13(16(26)24(17)14(9)18(27)28)22-15(25)12(23-30-2)10-7-33-19(20)21-10/h3-4,7,13,17H,5-6H2,1-2H3,(H2,20,21)(H,22,25)(H,27,28)/t13-,17+/m1/s1. The van der Waals surface area contributed by atoms with Crippen molar-refractivity contribution in [3.05, 3.63) is 38.7 Å². The summed E-state index contributed by atoms with van der Waals surface area (Å²) < 4.78 is 5.21. The molecule has 2 amide bonds. The molecule has 2 aliphatic rings. The van der Waals surface area contributed by atoms with Crippen LogP contribution in [0.3, 0.4) is 0 Å². The lowest BCUT2D eigenvalue weighted by atomic mass is 9.99. The van der Waals surface area contributed by atoms with E-state index in [0.29, 0.717) is 17.9 Å². The molecule has 4 heterocycles. The number of thiophene rings is 1. The first-order chi connectivity index (χ1) is 15.9. The zero-order chi connectivity index (χ0) is 23.7. The maximum atomic E-state index is 13.0. The number of carbonyl (C=O) groups is 3. The van der Waals surface area contributed by atoms with Gasteiger partial charge < -0.3 is 25.7 Å². The predicted molar refractivity (Wildman–Crippen MR) is 125 cm³/mol. The minimum atomic E-state index is -1.21. The molecular weight excluding hydrogens is 490 g/mol. The monoisotopic (exact) mass is 509 g/mol. The molecule has 11 nitrogen and oxygen atoms in total. The van der Waals surface area contributed by atoms with Crippen molar-refractivity contribution < 1.29 is 29.1 Å². The van der Waals surface area contributed by atoms with Crippen LogP contribution in [0, 0.1) is 0 Å². The number of anilines is 1. The summed E-state index contributed by atoms with van der Waals surface area (Å²) in [6, 6.07) is 0.909. The van der Waals surface area contributed by atoms with Crippen LogP contribution >= 0.6 is 34.4 Å². The molecule has 33 heavy (non-hydrogen) atoms. The highest BCUT2D eigenvalue weighted by Crippen LogP contribution is 2.44. The molecule has 0 bridgehead atoms. The van der Waals surface area contributed by atoms with Crippen LogP contribution in [0.5, 0.6) is 0 Å². The number of rotatable bonds is 8. The molecule has 174 valence electrons. The van der Waals surface area contributed by atoms with Crippen LogP contribution in [0.25, 0.3) is 5.57 Å². The molecule has 0 saturated carbocycles. The molecular formula is C19H19N5O6S3. The molecule has 4 rings (SSSR count). The Morgan fingerprint density at radius 1 is 1.39 bits per heavy atom. The van der Waals surface area contributed by atoms with Gasteiger partial charge in [0, 0.05) is 28.7 Å². The molecule has 0 spiro atoms. The van der Waals surface area contributed by atoms with Gasteiger partial charge in [-0.25, -0.2) is 9.78 Å². The number of amides is 2. The third-order valence-electron chi connectivity index (χ3n) is 4.97. The second kappa shape index (κ2) is 9.51. The number of thiazole rings is 1. The van der Waals surface area contributed by atoms with E-state index in [9.17, 15) is 19.5 Å². The van der Waals surface area contributed by atoms with E-state index in [4.69, 9.17) is 15.3 Å². The minimum Gasteiger partial charge on any atom is -0.477 e. The predicted octanol–water partition coefficient (Wildman–Crippen LogP) is 1.18. The van der Waals surface area contributed by atoms with Crippen molar-refractivity contribution in [3.63, 3.8) is 0 Å². The number of β-lactam (4-membered cyclic amide) rings is 1. The number of aromatic nitrogens is 1. The highest BCUT2D eigenvalue weighted by Gasteiger charge is 2.54. The number of fused-ring (bicyclic) bond motifs is 1. The van der Waals surface area contributed by atoms with Gasteiger partial charge in [0.05, 0.1) is 6.61 Å². The number of nitrogens with two attached hydrogens (primary N) is 1. The van der Waals surface area contributed by atoms with Gasteiger partial charge in [0.2, 0.25) is 0 Å². The Kier molecular flexibility index (Phi) is 6.69. The molecule has 0 unspecified atom stereocenters. The van der Waals surface area contributed by atoms with Crippen molar-refractivity contribution in [2.24, 2.45) is 5.16 Å². The number of aliphatic carboxylic acids is 1. The van der Waals surface area contributed by atoms with Crippen LogP contribution < -0.4 is 11.1 Å². The highest BCUT2D eigenvalue weighted by molar-refractivity contribution is 8.00. The zero-order valence-electron chi connectivity index (χ0n) is 17.4. The maximum Gasteiger partial charge on any atom is 0.352 e. The van der Waals surface area contributed by atoms with E-state index in [-0.39, 0.29) is 22.2 Å². The number of hydrogen-bond donors (Lipinski definition) is 3. The number of oxime groups is 1. The summed E-state index contributed by atoms with van der Waals surface area (Å²) in [6.07, 6.45) is 0. The Balaban J connectivity index is 1.58. The fourth-order valence-electron chi connectivity index (χ4n) is 3.58. The molecule has 2 atom stereocenters. The van der Waals surface area contributed by atoms with Gasteiger partial charge in [-0.05, 0) is 17.0 Å². The van der Waals surface area contributed by atoms with Crippen LogP contribution in [0.15, 0.2) is 27.7 Å². The lowest BCUT2D eigenvalue weighted by Gasteiger charge is -2.49. The molecule has 2 aromatic rings. The number of carbonyl (C=O) groups excluding carboxylic acids is 2. The third kappa shape index (κ3) is 4.21. The molecule has 0 aromatic carbocycles. The van der Waals surface area contributed by atoms with E-state index < -0.39 is 29.2 Å². The van der Waals surface area contributed by atoms with Crippen LogP contribution in [-0.4, -0.2) is 69.9 Å². The molecule has 14 heteroatoms. The summed E-state index contributed by atoms with van der Waals surface area (Å²) >= 11 is 3.96. The third-order valence-corrected chi connectivity index (χ3v) is 7.81. The lowest BCUT2D eigenvalue weighted by Crippen LogP contribution is -2.71. The molecule has 0 aliphatic carbocycles. The van der Waals surface area contributed by atoms with Gasteiger partial charge in [-0.2, -0.15) is 0 Å². The van der Waals surface area contributed by atoms with Gasteiger partial charge in [-0.3, -0.25) is 14.5 Å². The number of thioether (sulfide) groups is 1. The smallest absolute Gasteiger partial charge is 0.352 e. The number of carboxylic acid groups (broad SMARTS) is 1. The average molecular weight is 510 g/mol. The van der Waals surface area contributed by atoms with Gasteiger partial charge in [0.1, 0.15) is 29.9 Å². The number of methoxy groups -OCH3 is 1. The number of nitrogen functional groups attached to an aromatic ring is 1. The summed E-state index contributed by atoms with van der Waals surface area (Å²) in [5, 5.41) is 19.3. The SMILES string of the molecule is COCc1sccc1C1=C(C(=O)O)N2C(=O)[C@@H](NC(=O)C(=NOC)c3csc(N)n3)[C@@H]2SC1. The summed E-state index contributed by atoms with van der Waals surface area (Å²) in [4.78, 5) is 48.8. The second-order valence-corrected chi connectivity index (χ2v) is 9.87. The van der Waals surface area contributed by atoms with Gasteiger partial charge >= 0.3 is 5.97 Å². The van der Waals surface area contributed by atoms with E-state index in [2.05, 4.69) is 15.5 Å². The topological polar surface area (TPSA) is 156 Å². The maximum absolute atomic E-state index is 13.0. The molecule has 2 aromatic heterocycles. The summed E-state index contributed by atoms with van der Waals surface area (Å²) in [7, 11) is 2.85. The zero-order valence-corrected chi connectivity index (χ0v) is 19.9. The quantitative estimate of drug-likeness (QED) is 0.270. The number of nitrogens with zero attached hydrogens (tertiary/aromatic N) is 3. The Hall–Kier alpha value is -2.94. The summed E-state index contributed by atoms with van der Waals surface area (Å²) in [5.41, 5.74) is 6.94. The van der Waals surface area contributed by atoms with Gasteiger partial charge in [0.25, 0.3) is 11.8 Å². The van der Waals surface area contributed by atoms with E-state index in [1.54, 1.807) is 12.5 Å². The molecule has 1 fully saturated rings.